The van der Waals surface area contributed by atoms with E-state index in [4.69, 9.17) is 22.7 Å². The maximum Gasteiger partial charge on any atom is 0.106 e. The van der Waals surface area contributed by atoms with E-state index in [0.717, 1.165) is 16.8 Å². The lowest BCUT2D eigenvalue weighted by molar-refractivity contribution is 0.0344. The van der Waals surface area contributed by atoms with Crippen LogP contribution in [-0.2, 0) is 4.74 Å². The van der Waals surface area contributed by atoms with Crippen molar-refractivity contribution in [2.75, 3.05) is 19.0 Å². The van der Waals surface area contributed by atoms with Gasteiger partial charge in [-0.3, -0.25) is 0 Å². The zero-order chi connectivity index (χ0) is 13.1. The Morgan fingerprint density at radius 3 is 2.65 bits per heavy atom. The minimum Gasteiger partial charge on any atom is -0.389 e. The summed E-state index contributed by atoms with van der Waals surface area (Å²) in [5, 5.41) is 3.32. The quantitative estimate of drug-likeness (QED) is 0.790. The molecule has 94 valence electrons. The second-order valence-corrected chi connectivity index (χ2v) is 5.17. The van der Waals surface area contributed by atoms with Gasteiger partial charge in [0.2, 0.25) is 0 Å². The standard InChI is InChI=1S/C13H20N2OS/c1-9-5-6-11(10(7-9)12(14)17)15-8-13(2,3)16-4/h5-7,15H,8H2,1-4H3,(H2,14,17). The zero-order valence-electron chi connectivity index (χ0n) is 10.8. The number of ether oxygens (including phenoxy) is 1. The summed E-state index contributed by atoms with van der Waals surface area (Å²) < 4.78 is 5.36. The minimum absolute atomic E-state index is 0.224. The normalized spacial score (nSPS) is 11.3. The first-order chi connectivity index (χ1) is 7.85. The lowest BCUT2D eigenvalue weighted by atomic mass is 10.1. The summed E-state index contributed by atoms with van der Waals surface area (Å²) in [5.41, 5.74) is 8.47. The molecule has 0 atom stereocenters. The zero-order valence-corrected chi connectivity index (χ0v) is 11.6. The molecule has 0 unspecified atom stereocenters. The van der Waals surface area contributed by atoms with Gasteiger partial charge in [-0.1, -0.05) is 23.8 Å². The third kappa shape index (κ3) is 3.98. The van der Waals surface area contributed by atoms with E-state index in [1.165, 1.54) is 0 Å². The van der Waals surface area contributed by atoms with Crippen LogP contribution in [0.2, 0.25) is 0 Å². The fourth-order valence-electron chi connectivity index (χ4n) is 1.40. The summed E-state index contributed by atoms with van der Waals surface area (Å²) >= 11 is 5.05. The van der Waals surface area contributed by atoms with Crippen LogP contribution in [0.3, 0.4) is 0 Å². The van der Waals surface area contributed by atoms with Crippen molar-refractivity contribution in [2.24, 2.45) is 5.73 Å². The Bertz CT molecular complexity index is 416. The molecule has 0 aliphatic carbocycles. The number of nitrogens with two attached hydrogens (primary N) is 1. The maximum atomic E-state index is 5.72. The molecule has 1 aromatic carbocycles. The molecule has 0 saturated heterocycles. The van der Waals surface area contributed by atoms with Crippen LogP contribution in [0, 0.1) is 6.92 Å². The SMILES string of the molecule is COC(C)(C)CNc1ccc(C)cc1C(N)=S. The fourth-order valence-corrected chi connectivity index (χ4v) is 1.57. The van der Waals surface area contributed by atoms with Crippen LogP contribution in [-0.4, -0.2) is 24.2 Å². The largest absolute Gasteiger partial charge is 0.389 e. The van der Waals surface area contributed by atoms with Crippen LogP contribution in [0.1, 0.15) is 25.0 Å². The van der Waals surface area contributed by atoms with E-state index in [2.05, 4.69) is 5.32 Å². The minimum atomic E-state index is -0.224. The highest BCUT2D eigenvalue weighted by atomic mass is 32.1. The number of anilines is 1. The highest BCUT2D eigenvalue weighted by Crippen LogP contribution is 2.19. The number of hydrogen-bond acceptors (Lipinski definition) is 3. The third-order valence-electron chi connectivity index (χ3n) is 2.70. The van der Waals surface area contributed by atoms with Crippen LogP contribution in [0.25, 0.3) is 0 Å². The molecular weight excluding hydrogens is 232 g/mol. The second kappa shape index (κ2) is 5.47. The highest BCUT2D eigenvalue weighted by Gasteiger charge is 2.16. The highest BCUT2D eigenvalue weighted by molar-refractivity contribution is 7.80. The van der Waals surface area contributed by atoms with Crippen LogP contribution < -0.4 is 11.1 Å². The van der Waals surface area contributed by atoms with Gasteiger partial charge < -0.3 is 15.8 Å². The lowest BCUT2D eigenvalue weighted by Gasteiger charge is -2.24. The van der Waals surface area contributed by atoms with Gasteiger partial charge in [-0.05, 0) is 32.9 Å². The van der Waals surface area contributed by atoms with Crippen molar-refractivity contribution in [2.45, 2.75) is 26.4 Å². The third-order valence-corrected chi connectivity index (χ3v) is 2.92. The summed E-state index contributed by atoms with van der Waals surface area (Å²) in [5.74, 6) is 0. The van der Waals surface area contributed by atoms with E-state index in [1.807, 2.05) is 39.0 Å². The number of hydrogen-bond donors (Lipinski definition) is 2. The van der Waals surface area contributed by atoms with E-state index in [0.29, 0.717) is 11.5 Å². The molecule has 1 rings (SSSR count). The van der Waals surface area contributed by atoms with Gasteiger partial charge in [0.15, 0.2) is 0 Å². The summed E-state index contributed by atoms with van der Waals surface area (Å²) in [7, 11) is 1.70. The molecule has 1 aromatic rings. The van der Waals surface area contributed by atoms with E-state index < -0.39 is 0 Å². The first-order valence-corrected chi connectivity index (χ1v) is 5.96. The monoisotopic (exact) mass is 252 g/mol. The Morgan fingerprint density at radius 1 is 1.47 bits per heavy atom. The average molecular weight is 252 g/mol. The summed E-state index contributed by atoms with van der Waals surface area (Å²) in [4.78, 5) is 0.409. The van der Waals surface area contributed by atoms with Crippen molar-refractivity contribution in [3.63, 3.8) is 0 Å². The van der Waals surface area contributed by atoms with Gasteiger partial charge in [-0.25, -0.2) is 0 Å². The van der Waals surface area contributed by atoms with Crippen molar-refractivity contribution in [1.82, 2.24) is 0 Å². The molecule has 3 N–H and O–H groups in total. The summed E-state index contributed by atoms with van der Waals surface area (Å²) in [6, 6.07) is 6.02. The summed E-state index contributed by atoms with van der Waals surface area (Å²) in [6.45, 7) is 6.76. The van der Waals surface area contributed by atoms with Crippen LogP contribution in [0.4, 0.5) is 5.69 Å². The van der Waals surface area contributed by atoms with Gasteiger partial charge in [-0.2, -0.15) is 0 Å². The van der Waals surface area contributed by atoms with E-state index in [1.54, 1.807) is 7.11 Å². The molecule has 0 aromatic heterocycles. The molecule has 4 heteroatoms. The molecule has 0 bridgehead atoms. The Morgan fingerprint density at radius 2 is 2.12 bits per heavy atom. The molecule has 0 aliphatic heterocycles. The predicted molar refractivity (Wildman–Crippen MR) is 76.6 cm³/mol. The number of aryl methyl sites for hydroxylation is 1. The number of benzene rings is 1. The number of rotatable bonds is 5. The number of thiocarbonyl (C=S) groups is 1. The van der Waals surface area contributed by atoms with Crippen molar-refractivity contribution >= 4 is 22.9 Å². The van der Waals surface area contributed by atoms with Crippen LogP contribution in [0.15, 0.2) is 18.2 Å². The molecule has 0 fully saturated rings. The van der Waals surface area contributed by atoms with Gasteiger partial charge in [0.1, 0.15) is 4.99 Å². The Kier molecular flexibility index (Phi) is 4.48. The Labute approximate surface area is 108 Å². The fraction of sp³-hybridized carbons (Fsp3) is 0.462. The molecule has 0 amide bonds. The van der Waals surface area contributed by atoms with Crippen molar-refractivity contribution in [1.29, 1.82) is 0 Å². The van der Waals surface area contributed by atoms with Gasteiger partial charge in [0.25, 0.3) is 0 Å². The number of methoxy groups -OCH3 is 1. The molecule has 17 heavy (non-hydrogen) atoms. The van der Waals surface area contributed by atoms with Crippen molar-refractivity contribution in [3.05, 3.63) is 29.3 Å². The molecule has 0 saturated carbocycles. The van der Waals surface area contributed by atoms with E-state index in [9.17, 15) is 0 Å². The molecule has 0 radical (unpaired) electrons. The van der Waals surface area contributed by atoms with Crippen molar-refractivity contribution in [3.8, 4) is 0 Å². The second-order valence-electron chi connectivity index (χ2n) is 4.73. The number of nitrogens with one attached hydrogen (secondary N) is 1. The van der Waals surface area contributed by atoms with Gasteiger partial charge in [0, 0.05) is 24.9 Å². The first kappa shape index (κ1) is 13.9. The summed E-state index contributed by atoms with van der Waals surface area (Å²) in [6.07, 6.45) is 0. The van der Waals surface area contributed by atoms with Crippen LogP contribution >= 0.6 is 12.2 Å². The Hall–Kier alpha value is -1.13. The molecule has 0 heterocycles. The lowest BCUT2D eigenvalue weighted by Crippen LogP contribution is -2.32. The van der Waals surface area contributed by atoms with E-state index >= 15 is 0 Å². The Balaban J connectivity index is 2.88. The van der Waals surface area contributed by atoms with Crippen LogP contribution in [0.5, 0.6) is 0 Å². The average Bonchev–Trinajstić information content (AvgIpc) is 2.27. The molecule has 0 aliphatic rings. The molecule has 3 nitrogen and oxygen atoms in total. The van der Waals surface area contributed by atoms with Crippen molar-refractivity contribution < 1.29 is 4.74 Å². The smallest absolute Gasteiger partial charge is 0.106 e. The van der Waals surface area contributed by atoms with Gasteiger partial charge in [-0.15, -0.1) is 0 Å². The molecular formula is C13H20N2OS. The topological polar surface area (TPSA) is 47.3 Å². The predicted octanol–water partition coefficient (Wildman–Crippen LogP) is 2.47. The van der Waals surface area contributed by atoms with Gasteiger partial charge >= 0.3 is 0 Å². The maximum absolute atomic E-state index is 5.72. The molecule has 0 spiro atoms. The van der Waals surface area contributed by atoms with Gasteiger partial charge in [0.05, 0.1) is 5.60 Å². The first-order valence-electron chi connectivity index (χ1n) is 5.55. The van der Waals surface area contributed by atoms with E-state index in [-0.39, 0.29) is 5.60 Å².